The molecule has 1 unspecified atom stereocenters. The van der Waals surface area contributed by atoms with Crippen molar-refractivity contribution >= 4 is 23.3 Å². The Hall–Kier alpha value is -0.880. The van der Waals surface area contributed by atoms with Gasteiger partial charge in [-0.3, -0.25) is 4.79 Å². The van der Waals surface area contributed by atoms with Crippen LogP contribution in [0.3, 0.4) is 0 Å². The van der Waals surface area contributed by atoms with Crippen LogP contribution in [0.4, 0.5) is 0 Å². The molecule has 0 spiro atoms. The molecule has 0 aliphatic carbocycles. The minimum absolute atomic E-state index is 0.0525. The Labute approximate surface area is 63.4 Å². The summed E-state index contributed by atoms with van der Waals surface area (Å²) in [5, 5.41) is 10.7. The van der Waals surface area contributed by atoms with Gasteiger partial charge in [0, 0.05) is 6.54 Å². The molecule has 0 amide bonds. The Morgan fingerprint density at radius 3 is 2.60 bits per heavy atom. The van der Waals surface area contributed by atoms with Crippen molar-refractivity contribution in [1.29, 1.82) is 0 Å². The van der Waals surface area contributed by atoms with Gasteiger partial charge in [0.15, 0.2) is 5.11 Å². The zero-order valence-corrected chi connectivity index (χ0v) is 6.02. The molecule has 6 N–H and O–H groups in total. The van der Waals surface area contributed by atoms with Crippen LogP contribution in [-0.4, -0.2) is 28.8 Å². The molecule has 6 heteroatoms. The van der Waals surface area contributed by atoms with Gasteiger partial charge in [-0.15, -0.1) is 0 Å². The zero-order valence-electron chi connectivity index (χ0n) is 5.20. The largest absolute Gasteiger partial charge is 0.480 e. The lowest BCUT2D eigenvalue weighted by Crippen LogP contribution is -2.44. The van der Waals surface area contributed by atoms with Gasteiger partial charge in [-0.25, -0.2) is 0 Å². The molecule has 0 aromatic carbocycles. The fourth-order valence-electron chi connectivity index (χ4n) is 0.298. The Kier molecular flexibility index (Phi) is 3.67. The summed E-state index contributed by atoms with van der Waals surface area (Å²) >= 11 is 4.42. The lowest BCUT2D eigenvalue weighted by Gasteiger charge is -2.06. The molecule has 0 aromatic rings. The molecule has 0 aromatic heterocycles. The first-order valence-electron chi connectivity index (χ1n) is 2.55. The van der Waals surface area contributed by atoms with Gasteiger partial charge in [0.05, 0.1) is 0 Å². The van der Waals surface area contributed by atoms with E-state index in [1.165, 1.54) is 0 Å². The van der Waals surface area contributed by atoms with Crippen molar-refractivity contribution in [3.63, 3.8) is 0 Å². The molecule has 5 nitrogen and oxygen atoms in total. The van der Waals surface area contributed by atoms with Crippen LogP contribution in [0.15, 0.2) is 0 Å². The third-order valence-electron chi connectivity index (χ3n) is 0.813. The first kappa shape index (κ1) is 9.12. The van der Waals surface area contributed by atoms with Gasteiger partial charge in [0.2, 0.25) is 0 Å². The quantitative estimate of drug-likeness (QED) is 0.367. The molecule has 0 radical (unpaired) electrons. The first-order valence-corrected chi connectivity index (χ1v) is 2.96. The average Bonchev–Trinajstić information content (AvgIpc) is 1.82. The number of hydrogen-bond donors (Lipinski definition) is 4. The van der Waals surface area contributed by atoms with Crippen LogP contribution >= 0.6 is 12.2 Å². The molecule has 0 saturated carbocycles. The smallest absolute Gasteiger partial charge is 0.322 e. The summed E-state index contributed by atoms with van der Waals surface area (Å²) in [7, 11) is 0. The molecule has 0 aliphatic heterocycles. The Balaban J connectivity index is 3.49. The third kappa shape index (κ3) is 4.04. The van der Waals surface area contributed by atoms with Crippen LogP contribution in [-0.2, 0) is 4.79 Å². The Bertz CT molecular complexity index is 149. The van der Waals surface area contributed by atoms with Crippen molar-refractivity contribution in [3.8, 4) is 0 Å². The van der Waals surface area contributed by atoms with E-state index < -0.39 is 12.0 Å². The van der Waals surface area contributed by atoms with Gasteiger partial charge in [-0.2, -0.15) is 0 Å². The molecule has 10 heavy (non-hydrogen) atoms. The number of carbonyl (C=O) groups is 1. The van der Waals surface area contributed by atoms with E-state index in [2.05, 4.69) is 17.5 Å². The number of carboxylic acid groups (broad SMARTS) is 1. The Morgan fingerprint density at radius 1 is 1.80 bits per heavy atom. The molecule has 0 saturated heterocycles. The molecular weight excluding hydrogens is 154 g/mol. The minimum atomic E-state index is -1.08. The summed E-state index contributed by atoms with van der Waals surface area (Å²) in [4.78, 5) is 10.1. The molecule has 0 rings (SSSR count). The summed E-state index contributed by atoms with van der Waals surface area (Å²) < 4.78 is 0. The van der Waals surface area contributed by atoms with E-state index in [1.54, 1.807) is 0 Å². The minimum Gasteiger partial charge on any atom is -0.480 e. The van der Waals surface area contributed by atoms with Crippen molar-refractivity contribution < 1.29 is 9.90 Å². The van der Waals surface area contributed by atoms with Gasteiger partial charge >= 0.3 is 5.97 Å². The highest BCUT2D eigenvalue weighted by Gasteiger charge is 2.09. The van der Waals surface area contributed by atoms with Gasteiger partial charge in [-0.1, -0.05) is 0 Å². The van der Waals surface area contributed by atoms with E-state index >= 15 is 0 Å². The number of nitrogens with two attached hydrogens (primary N) is 2. The van der Waals surface area contributed by atoms with Gasteiger partial charge in [-0.05, 0) is 12.2 Å². The third-order valence-corrected chi connectivity index (χ3v) is 0.958. The van der Waals surface area contributed by atoms with Crippen LogP contribution in [0.2, 0.25) is 0 Å². The van der Waals surface area contributed by atoms with Crippen LogP contribution in [0.5, 0.6) is 0 Å². The summed E-state index contributed by atoms with van der Waals surface area (Å²) in [5.74, 6) is -1.08. The molecule has 0 fully saturated rings. The first-order chi connectivity index (χ1) is 4.54. The molecule has 1 atom stereocenters. The predicted octanol–water partition coefficient (Wildman–Crippen LogP) is -1.77. The number of hydrogen-bond acceptors (Lipinski definition) is 3. The zero-order chi connectivity index (χ0) is 8.15. The Morgan fingerprint density at radius 2 is 2.30 bits per heavy atom. The maximum atomic E-state index is 10.1. The highest BCUT2D eigenvalue weighted by atomic mass is 32.1. The second-order valence-electron chi connectivity index (χ2n) is 1.69. The van der Waals surface area contributed by atoms with Gasteiger partial charge in [0.1, 0.15) is 6.04 Å². The van der Waals surface area contributed by atoms with Crippen molar-refractivity contribution in [2.24, 2.45) is 11.5 Å². The van der Waals surface area contributed by atoms with Crippen molar-refractivity contribution in [2.75, 3.05) is 6.54 Å². The number of rotatable bonds is 3. The highest BCUT2D eigenvalue weighted by molar-refractivity contribution is 7.80. The van der Waals surface area contributed by atoms with Crippen LogP contribution < -0.4 is 16.8 Å². The summed E-state index contributed by atoms with van der Waals surface area (Å²) in [6.07, 6.45) is 0. The monoisotopic (exact) mass is 163 g/mol. The number of thiocarbonyl (C=S) groups is 1. The van der Waals surface area contributed by atoms with Crippen LogP contribution in [0.1, 0.15) is 0 Å². The molecule has 0 bridgehead atoms. The maximum absolute atomic E-state index is 10.1. The fraction of sp³-hybridized carbons (Fsp3) is 0.500. The predicted molar refractivity (Wildman–Crippen MR) is 40.4 cm³/mol. The van der Waals surface area contributed by atoms with Crippen molar-refractivity contribution in [2.45, 2.75) is 6.04 Å². The molecular formula is C4H9N3O2S. The van der Waals surface area contributed by atoms with Gasteiger partial charge < -0.3 is 21.9 Å². The molecule has 58 valence electrons. The molecule has 0 heterocycles. The normalized spacial score (nSPS) is 12.1. The second-order valence-corrected chi connectivity index (χ2v) is 2.13. The van der Waals surface area contributed by atoms with E-state index in [0.717, 1.165) is 0 Å². The van der Waals surface area contributed by atoms with E-state index in [9.17, 15) is 4.79 Å². The fourth-order valence-corrected chi connectivity index (χ4v) is 0.381. The lowest BCUT2D eigenvalue weighted by molar-refractivity contribution is -0.138. The van der Waals surface area contributed by atoms with Crippen LogP contribution in [0, 0.1) is 0 Å². The average molecular weight is 163 g/mol. The molecule has 0 aliphatic rings. The van der Waals surface area contributed by atoms with E-state index in [4.69, 9.17) is 16.6 Å². The highest BCUT2D eigenvalue weighted by Crippen LogP contribution is 1.73. The second kappa shape index (κ2) is 4.02. The van der Waals surface area contributed by atoms with E-state index in [-0.39, 0.29) is 11.7 Å². The lowest BCUT2D eigenvalue weighted by atomic mass is 10.3. The number of carboxylic acids is 1. The van der Waals surface area contributed by atoms with E-state index in [1.807, 2.05) is 0 Å². The van der Waals surface area contributed by atoms with Crippen molar-refractivity contribution in [1.82, 2.24) is 5.32 Å². The SMILES string of the molecule is NC(=S)NCC(N)C(=O)O. The summed E-state index contributed by atoms with van der Waals surface area (Å²) in [5.41, 5.74) is 10.1. The van der Waals surface area contributed by atoms with Crippen LogP contribution in [0.25, 0.3) is 0 Å². The topological polar surface area (TPSA) is 101 Å². The van der Waals surface area contributed by atoms with E-state index in [0.29, 0.717) is 0 Å². The number of aliphatic carboxylic acids is 1. The number of nitrogens with one attached hydrogen (secondary N) is 1. The standard InChI is InChI=1S/C4H9N3O2S/c5-2(3(8)9)1-7-4(6)10/h2H,1,5H2,(H,8,9)(H3,6,7,10). The maximum Gasteiger partial charge on any atom is 0.322 e. The summed E-state index contributed by atoms with van der Waals surface area (Å²) in [6.45, 7) is 0.0602. The van der Waals surface area contributed by atoms with Gasteiger partial charge in [0.25, 0.3) is 0 Å². The van der Waals surface area contributed by atoms with Crippen molar-refractivity contribution in [3.05, 3.63) is 0 Å². The summed E-state index contributed by atoms with van der Waals surface area (Å²) in [6, 6.07) is -0.957.